The minimum atomic E-state index is -0.309. The van der Waals surface area contributed by atoms with Gasteiger partial charge in [0.15, 0.2) is 5.11 Å². The molecule has 1 saturated heterocycles. The number of carbonyl (C=O) groups is 1. The molecule has 2 aromatic heterocycles. The highest BCUT2D eigenvalue weighted by Gasteiger charge is 2.42. The van der Waals surface area contributed by atoms with Gasteiger partial charge in [0.25, 0.3) is 0 Å². The van der Waals surface area contributed by atoms with Crippen LogP contribution in [0.3, 0.4) is 0 Å². The van der Waals surface area contributed by atoms with E-state index >= 15 is 0 Å². The summed E-state index contributed by atoms with van der Waals surface area (Å²) >= 11 is 5.64. The van der Waals surface area contributed by atoms with Gasteiger partial charge < -0.3 is 24.4 Å². The van der Waals surface area contributed by atoms with Gasteiger partial charge >= 0.3 is 5.97 Å². The molecule has 0 aliphatic carbocycles. The molecule has 166 valence electrons. The molecular weight excluding hydrogens is 422 g/mol. The fourth-order valence-electron chi connectivity index (χ4n) is 4.02. The van der Waals surface area contributed by atoms with Gasteiger partial charge in [0.2, 0.25) is 0 Å². The van der Waals surface area contributed by atoms with Gasteiger partial charge in [0.1, 0.15) is 6.54 Å². The number of nitrogens with one attached hydrogen (secondary N) is 1. The molecule has 4 rings (SSSR count). The van der Waals surface area contributed by atoms with E-state index in [-0.39, 0.29) is 24.6 Å². The molecule has 3 heterocycles. The number of anilines is 1. The van der Waals surface area contributed by atoms with Gasteiger partial charge in [-0.25, -0.2) is 0 Å². The number of hydrogen-bond donors (Lipinski definition) is 1. The summed E-state index contributed by atoms with van der Waals surface area (Å²) in [6.45, 7) is 2.20. The molecule has 0 bridgehead atoms. The zero-order valence-corrected chi connectivity index (χ0v) is 19.2. The van der Waals surface area contributed by atoms with E-state index < -0.39 is 0 Å². The Kier molecular flexibility index (Phi) is 6.41. The van der Waals surface area contributed by atoms with Crippen LogP contribution in [-0.2, 0) is 9.53 Å². The van der Waals surface area contributed by atoms with Crippen LogP contribution >= 0.6 is 12.2 Å². The van der Waals surface area contributed by atoms with E-state index in [4.69, 9.17) is 17.0 Å². The number of carbonyl (C=O) groups excluding carboxylic acids is 1. The highest BCUT2D eigenvalue weighted by Crippen LogP contribution is 2.39. The summed E-state index contributed by atoms with van der Waals surface area (Å²) in [4.78, 5) is 20.9. The molecule has 0 radical (unpaired) electrons. The first-order valence-electron chi connectivity index (χ1n) is 10.6. The van der Waals surface area contributed by atoms with Crippen LogP contribution in [0.15, 0.2) is 67.0 Å². The number of thiocarbonyl (C=S) groups is 1. The number of aromatic nitrogens is 2. The predicted octanol–water partition coefficient (Wildman–Crippen LogP) is 3.47. The Morgan fingerprint density at radius 1 is 1.16 bits per heavy atom. The van der Waals surface area contributed by atoms with Crippen molar-refractivity contribution in [3.63, 3.8) is 0 Å². The lowest BCUT2D eigenvalue weighted by atomic mass is 10.0. The molecule has 0 unspecified atom stereocenters. The van der Waals surface area contributed by atoms with Crippen molar-refractivity contribution in [2.75, 3.05) is 32.1 Å². The third kappa shape index (κ3) is 4.31. The minimum Gasteiger partial charge on any atom is -0.465 e. The van der Waals surface area contributed by atoms with Crippen LogP contribution in [0.5, 0.6) is 0 Å². The molecule has 1 aromatic carbocycles. The van der Waals surface area contributed by atoms with Crippen molar-refractivity contribution in [1.29, 1.82) is 0 Å². The minimum absolute atomic E-state index is 0.0679. The average Bonchev–Trinajstić information content (AvgIpc) is 3.39. The van der Waals surface area contributed by atoms with Gasteiger partial charge in [-0.2, -0.15) is 0 Å². The molecule has 1 fully saturated rings. The molecule has 0 spiro atoms. The lowest BCUT2D eigenvalue weighted by Gasteiger charge is -2.28. The van der Waals surface area contributed by atoms with Crippen molar-refractivity contribution in [3.8, 4) is 5.69 Å². The average molecular weight is 450 g/mol. The first-order valence-corrected chi connectivity index (χ1v) is 11.0. The molecule has 8 heteroatoms. The maximum Gasteiger partial charge on any atom is 0.325 e. The van der Waals surface area contributed by atoms with Crippen molar-refractivity contribution in [3.05, 3.63) is 78.4 Å². The van der Waals surface area contributed by atoms with Crippen molar-refractivity contribution in [2.24, 2.45) is 0 Å². The number of pyridine rings is 1. The Balaban J connectivity index is 1.75. The highest BCUT2D eigenvalue weighted by molar-refractivity contribution is 7.80. The summed E-state index contributed by atoms with van der Waals surface area (Å²) in [5, 5.41) is 3.88. The smallest absolute Gasteiger partial charge is 0.325 e. The van der Waals surface area contributed by atoms with Crippen molar-refractivity contribution in [2.45, 2.75) is 19.0 Å². The van der Waals surface area contributed by atoms with Crippen molar-refractivity contribution >= 4 is 29.0 Å². The highest BCUT2D eigenvalue weighted by atomic mass is 32.1. The number of esters is 1. The molecule has 1 aliphatic heterocycles. The molecule has 1 N–H and O–H groups in total. The second-order valence-corrected chi connectivity index (χ2v) is 8.16. The zero-order chi connectivity index (χ0) is 22.7. The van der Waals surface area contributed by atoms with Gasteiger partial charge in [-0.05, 0) is 67.7 Å². The lowest BCUT2D eigenvalue weighted by Crippen LogP contribution is -2.36. The van der Waals surface area contributed by atoms with Crippen molar-refractivity contribution in [1.82, 2.24) is 19.8 Å². The maximum absolute atomic E-state index is 12.4. The van der Waals surface area contributed by atoms with Crippen LogP contribution in [0.1, 0.15) is 30.4 Å². The fraction of sp³-hybridized carbons (Fsp3) is 0.292. The van der Waals surface area contributed by atoms with Crippen LogP contribution < -0.4 is 10.2 Å². The third-order valence-electron chi connectivity index (χ3n) is 5.53. The molecule has 2 atom stereocenters. The van der Waals surface area contributed by atoms with Crippen LogP contribution in [0.2, 0.25) is 0 Å². The number of nitrogens with zero attached hydrogens (tertiary/aromatic N) is 4. The lowest BCUT2D eigenvalue weighted by molar-refractivity contribution is -0.143. The number of rotatable bonds is 7. The Labute approximate surface area is 193 Å². The summed E-state index contributed by atoms with van der Waals surface area (Å²) in [6, 6.07) is 17.8. The molecule has 7 nitrogen and oxygen atoms in total. The third-order valence-corrected chi connectivity index (χ3v) is 5.88. The Hall–Kier alpha value is -3.39. The quantitative estimate of drug-likeness (QED) is 0.438. The predicted molar refractivity (Wildman–Crippen MR) is 129 cm³/mol. The van der Waals surface area contributed by atoms with E-state index in [1.165, 1.54) is 0 Å². The first kappa shape index (κ1) is 21.8. The van der Waals surface area contributed by atoms with Gasteiger partial charge in [0.05, 0.1) is 24.4 Å². The molecule has 3 aromatic rings. The Morgan fingerprint density at radius 2 is 1.94 bits per heavy atom. The van der Waals surface area contributed by atoms with Crippen LogP contribution in [-0.4, -0.2) is 52.8 Å². The molecular formula is C24H27N5O2S. The fourth-order valence-corrected chi connectivity index (χ4v) is 4.33. The second-order valence-electron chi connectivity index (χ2n) is 7.77. The van der Waals surface area contributed by atoms with E-state index in [1.54, 1.807) is 13.1 Å². The second kappa shape index (κ2) is 9.40. The zero-order valence-electron chi connectivity index (χ0n) is 18.4. The Bertz CT molecular complexity index is 1080. The van der Waals surface area contributed by atoms with E-state index in [9.17, 15) is 4.79 Å². The summed E-state index contributed by atoms with van der Waals surface area (Å²) < 4.78 is 7.35. The van der Waals surface area contributed by atoms with E-state index in [2.05, 4.69) is 50.1 Å². The Morgan fingerprint density at radius 3 is 2.59 bits per heavy atom. The SMILES string of the molecule is CCOC(=O)CN1C(=S)N[C@@H](c2ccccn2)[C@H]1c1cccn1-c1ccc(N(C)C)cc1. The van der Waals surface area contributed by atoms with Crippen molar-refractivity contribution < 1.29 is 9.53 Å². The van der Waals surface area contributed by atoms with Gasteiger partial charge in [-0.15, -0.1) is 0 Å². The van der Waals surface area contributed by atoms with Gasteiger partial charge in [-0.1, -0.05) is 6.07 Å². The van der Waals surface area contributed by atoms with E-state index in [0.29, 0.717) is 11.7 Å². The largest absolute Gasteiger partial charge is 0.465 e. The summed E-state index contributed by atoms with van der Waals surface area (Å²) in [7, 11) is 4.04. The normalized spacial score (nSPS) is 17.8. The molecule has 0 saturated carbocycles. The molecule has 1 aliphatic rings. The van der Waals surface area contributed by atoms with Gasteiger partial charge in [0, 0.05) is 43.6 Å². The monoisotopic (exact) mass is 449 g/mol. The topological polar surface area (TPSA) is 62.6 Å². The standard InChI is InChI=1S/C24H27N5O2S/c1-4-31-21(30)16-29-23(22(26-24(29)32)19-8-5-6-14-25-19)20-9-7-15-28(20)18-12-10-17(11-13-18)27(2)3/h5-15,22-23H,4,16H2,1-3H3,(H,26,32)/t22-,23+/m0/s1. The van der Waals surface area contributed by atoms with Gasteiger partial charge in [-0.3, -0.25) is 9.78 Å². The van der Waals surface area contributed by atoms with Crippen LogP contribution in [0.25, 0.3) is 5.69 Å². The van der Waals surface area contributed by atoms with Crippen LogP contribution in [0, 0.1) is 0 Å². The summed E-state index contributed by atoms with van der Waals surface area (Å²) in [5.74, 6) is -0.309. The number of benzene rings is 1. The summed E-state index contributed by atoms with van der Waals surface area (Å²) in [6.07, 6.45) is 3.80. The number of ether oxygens (including phenoxy) is 1. The molecule has 0 amide bonds. The first-order chi connectivity index (χ1) is 15.5. The molecule has 32 heavy (non-hydrogen) atoms. The summed E-state index contributed by atoms with van der Waals surface area (Å²) in [5.41, 5.74) is 4.03. The van der Waals surface area contributed by atoms with E-state index in [0.717, 1.165) is 22.8 Å². The number of hydrogen-bond acceptors (Lipinski definition) is 5. The van der Waals surface area contributed by atoms with Crippen LogP contribution in [0.4, 0.5) is 5.69 Å². The maximum atomic E-state index is 12.4. The van der Waals surface area contributed by atoms with E-state index in [1.807, 2.05) is 49.5 Å².